The lowest BCUT2D eigenvalue weighted by Gasteiger charge is -2.22. The lowest BCUT2D eigenvalue weighted by Crippen LogP contribution is -2.36. The van der Waals surface area contributed by atoms with Gasteiger partial charge in [0.25, 0.3) is 0 Å². The smallest absolute Gasteiger partial charge is 0.407 e. The molecule has 1 fully saturated rings. The molecule has 0 aromatic rings. The predicted octanol–water partition coefficient (Wildman–Crippen LogP) is 0.0631. The average Bonchev–Trinajstić information content (AvgIpc) is 2.58. The molecule has 0 bridgehead atoms. The van der Waals surface area contributed by atoms with Crippen molar-refractivity contribution in [1.82, 2.24) is 10.2 Å². The van der Waals surface area contributed by atoms with Gasteiger partial charge in [-0.25, -0.2) is 4.79 Å². The van der Waals surface area contributed by atoms with E-state index in [4.69, 9.17) is 9.47 Å². The van der Waals surface area contributed by atoms with Crippen molar-refractivity contribution in [2.24, 2.45) is 0 Å². The number of hydrogen-bond donors (Lipinski definition) is 1. The molecule has 82 valence electrons. The molecule has 1 rings (SSSR count). The van der Waals surface area contributed by atoms with Gasteiger partial charge in [-0.3, -0.25) is 4.90 Å². The van der Waals surface area contributed by atoms with Gasteiger partial charge in [0.1, 0.15) is 6.10 Å². The third-order valence-electron chi connectivity index (χ3n) is 2.27. The number of amides is 1. The molecule has 0 radical (unpaired) electrons. The minimum atomic E-state index is -0.308. The van der Waals surface area contributed by atoms with E-state index >= 15 is 0 Å². The van der Waals surface area contributed by atoms with Gasteiger partial charge in [-0.05, 0) is 6.54 Å². The first kappa shape index (κ1) is 11.3. The number of rotatable bonds is 6. The van der Waals surface area contributed by atoms with Crippen LogP contribution >= 0.6 is 0 Å². The van der Waals surface area contributed by atoms with Crippen molar-refractivity contribution < 1.29 is 14.3 Å². The van der Waals surface area contributed by atoms with Crippen LogP contribution in [-0.4, -0.2) is 57.0 Å². The van der Waals surface area contributed by atoms with Gasteiger partial charge in [0.15, 0.2) is 0 Å². The molecule has 0 aromatic carbocycles. The van der Waals surface area contributed by atoms with E-state index in [0.717, 1.165) is 19.6 Å². The Bertz CT molecular complexity index is 187. The molecule has 1 atom stereocenters. The Labute approximate surface area is 84.4 Å². The van der Waals surface area contributed by atoms with Gasteiger partial charge in [0, 0.05) is 20.2 Å². The summed E-state index contributed by atoms with van der Waals surface area (Å²) in [6.45, 7) is 6.00. The molecule has 1 amide bonds. The number of nitrogens with zero attached hydrogens (tertiary/aromatic N) is 1. The number of ether oxygens (including phenoxy) is 2. The van der Waals surface area contributed by atoms with Gasteiger partial charge < -0.3 is 14.8 Å². The highest BCUT2D eigenvalue weighted by Crippen LogP contribution is 2.02. The van der Waals surface area contributed by atoms with Crippen molar-refractivity contribution in [2.75, 3.05) is 39.9 Å². The number of carbonyl (C=O) groups excluding carboxylic acids is 1. The third-order valence-corrected chi connectivity index (χ3v) is 2.27. The molecule has 5 nitrogen and oxygen atoms in total. The third kappa shape index (κ3) is 3.51. The van der Waals surface area contributed by atoms with Gasteiger partial charge in [0.05, 0.1) is 13.2 Å². The number of methoxy groups -OCH3 is 1. The lowest BCUT2D eigenvalue weighted by molar-refractivity contribution is 0.0934. The minimum absolute atomic E-state index is 0.0145. The second kappa shape index (κ2) is 5.82. The van der Waals surface area contributed by atoms with Crippen LogP contribution in [0.2, 0.25) is 0 Å². The maximum atomic E-state index is 10.8. The van der Waals surface area contributed by atoms with E-state index in [1.54, 1.807) is 7.11 Å². The SMILES string of the molecule is CCN(CCOC)CC1CNC(=O)O1. The van der Waals surface area contributed by atoms with Crippen LogP contribution in [0.4, 0.5) is 4.79 Å². The van der Waals surface area contributed by atoms with Gasteiger partial charge >= 0.3 is 6.09 Å². The fraction of sp³-hybridized carbons (Fsp3) is 0.889. The van der Waals surface area contributed by atoms with Crippen molar-refractivity contribution in [3.63, 3.8) is 0 Å². The van der Waals surface area contributed by atoms with Crippen LogP contribution in [0, 0.1) is 0 Å². The summed E-state index contributed by atoms with van der Waals surface area (Å²) < 4.78 is 10.0. The minimum Gasteiger partial charge on any atom is -0.443 e. The summed E-state index contributed by atoms with van der Waals surface area (Å²) in [6, 6.07) is 0. The standard InChI is InChI=1S/C9H18N2O3/c1-3-11(4-5-13-2)7-8-6-10-9(12)14-8/h8H,3-7H2,1-2H3,(H,10,12). The van der Waals surface area contributed by atoms with Gasteiger partial charge in [-0.15, -0.1) is 0 Å². The average molecular weight is 202 g/mol. The summed E-state index contributed by atoms with van der Waals surface area (Å²) in [6.07, 6.45) is -0.322. The Morgan fingerprint density at radius 2 is 2.50 bits per heavy atom. The van der Waals surface area contributed by atoms with E-state index in [2.05, 4.69) is 17.1 Å². The number of carbonyl (C=O) groups is 1. The summed E-state index contributed by atoms with van der Waals surface area (Å²) in [5.74, 6) is 0. The first-order valence-electron chi connectivity index (χ1n) is 4.92. The van der Waals surface area contributed by atoms with E-state index in [1.165, 1.54) is 0 Å². The highest BCUT2D eigenvalue weighted by molar-refractivity contribution is 5.69. The van der Waals surface area contributed by atoms with Gasteiger partial charge in [0.2, 0.25) is 0 Å². The first-order chi connectivity index (χ1) is 6.76. The molecule has 1 N–H and O–H groups in total. The Morgan fingerprint density at radius 3 is 3.00 bits per heavy atom. The van der Waals surface area contributed by atoms with Crippen molar-refractivity contribution in [3.05, 3.63) is 0 Å². The fourth-order valence-corrected chi connectivity index (χ4v) is 1.42. The lowest BCUT2D eigenvalue weighted by atomic mass is 10.3. The number of hydrogen-bond acceptors (Lipinski definition) is 4. The number of alkyl carbamates (subject to hydrolysis) is 1. The number of cyclic esters (lactones) is 1. The van der Waals surface area contributed by atoms with Crippen molar-refractivity contribution in [1.29, 1.82) is 0 Å². The van der Waals surface area contributed by atoms with Gasteiger partial charge in [-0.2, -0.15) is 0 Å². The molecular weight excluding hydrogens is 184 g/mol. The van der Waals surface area contributed by atoms with Crippen LogP contribution in [0.1, 0.15) is 6.92 Å². The van der Waals surface area contributed by atoms with E-state index in [0.29, 0.717) is 13.2 Å². The van der Waals surface area contributed by atoms with Crippen LogP contribution in [0.5, 0.6) is 0 Å². The molecule has 1 heterocycles. The zero-order chi connectivity index (χ0) is 10.4. The second-order valence-corrected chi connectivity index (χ2v) is 3.29. The van der Waals surface area contributed by atoms with Crippen LogP contribution in [-0.2, 0) is 9.47 Å². The van der Waals surface area contributed by atoms with Crippen LogP contribution < -0.4 is 5.32 Å². The summed E-state index contributed by atoms with van der Waals surface area (Å²) in [4.78, 5) is 13.0. The molecule has 14 heavy (non-hydrogen) atoms. The summed E-state index contributed by atoms with van der Waals surface area (Å²) >= 11 is 0. The van der Waals surface area contributed by atoms with Crippen molar-refractivity contribution in [3.8, 4) is 0 Å². The van der Waals surface area contributed by atoms with Crippen molar-refractivity contribution >= 4 is 6.09 Å². The zero-order valence-corrected chi connectivity index (χ0v) is 8.78. The molecule has 0 spiro atoms. The topological polar surface area (TPSA) is 50.8 Å². The first-order valence-corrected chi connectivity index (χ1v) is 4.92. The normalized spacial score (nSPS) is 21.1. The maximum absolute atomic E-state index is 10.8. The molecule has 5 heteroatoms. The molecule has 0 aliphatic carbocycles. The summed E-state index contributed by atoms with van der Waals surface area (Å²) in [5, 5.41) is 2.64. The number of nitrogens with one attached hydrogen (secondary N) is 1. The van der Waals surface area contributed by atoms with Gasteiger partial charge in [-0.1, -0.05) is 6.92 Å². The molecule has 1 unspecified atom stereocenters. The van der Waals surface area contributed by atoms with E-state index in [1.807, 2.05) is 0 Å². The monoisotopic (exact) mass is 202 g/mol. The zero-order valence-electron chi connectivity index (χ0n) is 8.78. The number of likely N-dealkylation sites (N-methyl/N-ethyl adjacent to an activating group) is 1. The Morgan fingerprint density at radius 1 is 1.71 bits per heavy atom. The van der Waals surface area contributed by atoms with Crippen LogP contribution in [0.25, 0.3) is 0 Å². The Hall–Kier alpha value is -0.810. The largest absolute Gasteiger partial charge is 0.443 e. The Kier molecular flexibility index (Phi) is 4.69. The highest BCUT2D eigenvalue weighted by Gasteiger charge is 2.23. The fourth-order valence-electron chi connectivity index (χ4n) is 1.42. The van der Waals surface area contributed by atoms with E-state index in [9.17, 15) is 4.79 Å². The van der Waals surface area contributed by atoms with Crippen LogP contribution in [0.3, 0.4) is 0 Å². The molecular formula is C9H18N2O3. The Balaban J connectivity index is 2.22. The van der Waals surface area contributed by atoms with E-state index < -0.39 is 0 Å². The second-order valence-electron chi connectivity index (χ2n) is 3.29. The van der Waals surface area contributed by atoms with Crippen molar-refractivity contribution in [2.45, 2.75) is 13.0 Å². The maximum Gasteiger partial charge on any atom is 0.407 e. The molecule has 1 saturated heterocycles. The van der Waals surface area contributed by atoms with E-state index in [-0.39, 0.29) is 12.2 Å². The molecule has 0 saturated carbocycles. The molecule has 1 aliphatic rings. The highest BCUT2D eigenvalue weighted by atomic mass is 16.6. The molecule has 1 aliphatic heterocycles. The summed E-state index contributed by atoms with van der Waals surface area (Å²) in [5.41, 5.74) is 0. The molecule has 0 aromatic heterocycles. The van der Waals surface area contributed by atoms with Crippen LogP contribution in [0.15, 0.2) is 0 Å². The quantitative estimate of drug-likeness (QED) is 0.662. The predicted molar refractivity (Wildman–Crippen MR) is 52.3 cm³/mol. The summed E-state index contributed by atoms with van der Waals surface area (Å²) in [7, 11) is 1.69.